The van der Waals surface area contributed by atoms with Crippen molar-refractivity contribution in [3.63, 3.8) is 0 Å². The fraction of sp³-hybridized carbons (Fsp3) is 0.611. The summed E-state index contributed by atoms with van der Waals surface area (Å²) in [6.45, 7) is 5.96. The van der Waals surface area contributed by atoms with E-state index in [-0.39, 0.29) is 12.0 Å². The standard InChI is InChI=1S/C18H25F3N2O2/c1-17(2,3)15(11-5-4-6-12(9-11)18(19,20)21)23-16(24)14-8-7-13(10-22)25-14/h4-6,9,13-15H,7-8,10,22H2,1-3H3,(H,23,24)/t13-,14+,15?/m1/s1. The molecule has 0 saturated carbocycles. The van der Waals surface area contributed by atoms with Gasteiger partial charge < -0.3 is 15.8 Å². The molecule has 0 spiro atoms. The van der Waals surface area contributed by atoms with Crippen molar-refractivity contribution < 1.29 is 22.7 Å². The van der Waals surface area contributed by atoms with Gasteiger partial charge in [0, 0.05) is 6.54 Å². The summed E-state index contributed by atoms with van der Waals surface area (Å²) in [5.74, 6) is -0.312. The molecule has 0 aromatic heterocycles. The minimum atomic E-state index is -4.43. The Labute approximate surface area is 145 Å². The first-order valence-electron chi connectivity index (χ1n) is 8.35. The monoisotopic (exact) mass is 358 g/mol. The Hall–Kier alpha value is -1.60. The van der Waals surface area contributed by atoms with Gasteiger partial charge in [-0.05, 0) is 36.0 Å². The Morgan fingerprint density at radius 1 is 1.32 bits per heavy atom. The van der Waals surface area contributed by atoms with Crippen molar-refractivity contribution in [3.05, 3.63) is 35.4 Å². The molecule has 1 aliphatic heterocycles. The lowest BCUT2D eigenvalue weighted by atomic mass is 9.81. The van der Waals surface area contributed by atoms with Crippen LogP contribution in [0.3, 0.4) is 0 Å². The van der Waals surface area contributed by atoms with Crippen LogP contribution in [0.4, 0.5) is 13.2 Å². The molecule has 25 heavy (non-hydrogen) atoms. The van der Waals surface area contributed by atoms with Crippen molar-refractivity contribution in [2.24, 2.45) is 11.1 Å². The second-order valence-corrected chi connectivity index (χ2v) is 7.49. The summed E-state index contributed by atoms with van der Waals surface area (Å²) in [5, 5.41) is 2.87. The van der Waals surface area contributed by atoms with Crippen LogP contribution in [0.25, 0.3) is 0 Å². The Morgan fingerprint density at radius 3 is 2.52 bits per heavy atom. The highest BCUT2D eigenvalue weighted by Crippen LogP contribution is 2.36. The van der Waals surface area contributed by atoms with E-state index in [1.54, 1.807) is 6.07 Å². The second kappa shape index (κ2) is 7.33. The first-order valence-corrected chi connectivity index (χ1v) is 8.35. The summed E-state index contributed by atoms with van der Waals surface area (Å²) in [5.41, 5.74) is 4.78. The molecule has 1 aliphatic rings. The SMILES string of the molecule is CC(C)(C)C(NC(=O)[C@@H]1CC[C@H](CN)O1)c1cccc(C(F)(F)F)c1. The third-order valence-electron chi connectivity index (χ3n) is 4.36. The van der Waals surface area contributed by atoms with Crippen LogP contribution in [0, 0.1) is 5.41 Å². The van der Waals surface area contributed by atoms with Crippen LogP contribution >= 0.6 is 0 Å². The molecular formula is C18H25F3N2O2. The van der Waals surface area contributed by atoms with E-state index in [2.05, 4.69) is 5.32 Å². The summed E-state index contributed by atoms with van der Waals surface area (Å²) in [7, 11) is 0. The number of nitrogens with one attached hydrogen (secondary N) is 1. The predicted molar refractivity (Wildman–Crippen MR) is 88.7 cm³/mol. The molecule has 0 bridgehead atoms. The number of benzene rings is 1. The van der Waals surface area contributed by atoms with Crippen molar-refractivity contribution in [3.8, 4) is 0 Å². The highest BCUT2D eigenvalue weighted by molar-refractivity contribution is 5.81. The molecule has 1 aromatic rings. The van der Waals surface area contributed by atoms with Crippen molar-refractivity contribution in [2.75, 3.05) is 6.54 Å². The van der Waals surface area contributed by atoms with Gasteiger partial charge in [-0.2, -0.15) is 13.2 Å². The Morgan fingerprint density at radius 2 is 2.00 bits per heavy atom. The Balaban J connectivity index is 2.22. The fourth-order valence-corrected chi connectivity index (χ4v) is 3.00. The molecule has 1 saturated heterocycles. The molecule has 1 aromatic carbocycles. The van der Waals surface area contributed by atoms with Crippen molar-refractivity contribution in [1.29, 1.82) is 0 Å². The number of hydrogen-bond donors (Lipinski definition) is 2. The van der Waals surface area contributed by atoms with Gasteiger partial charge >= 0.3 is 6.18 Å². The molecule has 140 valence electrons. The van der Waals surface area contributed by atoms with Crippen LogP contribution < -0.4 is 11.1 Å². The van der Waals surface area contributed by atoms with Gasteiger partial charge in [0.2, 0.25) is 5.91 Å². The zero-order chi connectivity index (χ0) is 18.8. The summed E-state index contributed by atoms with van der Waals surface area (Å²) < 4.78 is 44.6. The molecule has 0 radical (unpaired) electrons. The zero-order valence-electron chi connectivity index (χ0n) is 14.7. The van der Waals surface area contributed by atoms with Gasteiger partial charge in [0.15, 0.2) is 0 Å². The Kier molecular flexibility index (Phi) is 5.79. The Bertz CT molecular complexity index is 611. The van der Waals surface area contributed by atoms with Gasteiger partial charge in [-0.25, -0.2) is 0 Å². The maximum absolute atomic E-state index is 13.0. The van der Waals surface area contributed by atoms with Crippen LogP contribution in [0.5, 0.6) is 0 Å². The topological polar surface area (TPSA) is 64.4 Å². The third kappa shape index (κ3) is 4.95. The first kappa shape index (κ1) is 19.7. The summed E-state index contributed by atoms with van der Waals surface area (Å²) >= 11 is 0. The molecule has 7 heteroatoms. The molecule has 1 unspecified atom stereocenters. The van der Waals surface area contributed by atoms with Crippen molar-refractivity contribution in [2.45, 2.75) is 58.0 Å². The minimum Gasteiger partial charge on any atom is -0.364 e. The van der Waals surface area contributed by atoms with Crippen molar-refractivity contribution >= 4 is 5.91 Å². The molecule has 2 rings (SSSR count). The van der Waals surface area contributed by atoms with E-state index in [1.165, 1.54) is 6.07 Å². The molecular weight excluding hydrogens is 333 g/mol. The van der Waals surface area contributed by atoms with E-state index >= 15 is 0 Å². The number of ether oxygens (including phenoxy) is 1. The average molecular weight is 358 g/mol. The molecule has 0 aliphatic carbocycles. The quantitative estimate of drug-likeness (QED) is 0.867. The highest BCUT2D eigenvalue weighted by atomic mass is 19.4. The molecule has 1 fully saturated rings. The normalized spacial score (nSPS) is 22.7. The maximum atomic E-state index is 13.0. The van der Waals surface area contributed by atoms with E-state index in [9.17, 15) is 18.0 Å². The maximum Gasteiger partial charge on any atom is 0.416 e. The van der Waals surface area contributed by atoms with Gasteiger partial charge in [0.05, 0.1) is 17.7 Å². The molecule has 3 N–H and O–H groups in total. The van der Waals surface area contributed by atoms with Gasteiger partial charge in [-0.15, -0.1) is 0 Å². The number of alkyl halides is 3. The van der Waals surface area contributed by atoms with E-state index in [4.69, 9.17) is 10.5 Å². The van der Waals surface area contributed by atoms with Gasteiger partial charge in [-0.3, -0.25) is 4.79 Å². The van der Waals surface area contributed by atoms with Crippen LogP contribution in [0.15, 0.2) is 24.3 Å². The number of carbonyl (C=O) groups excluding carboxylic acids is 1. The summed E-state index contributed by atoms with van der Waals surface area (Å²) in [4.78, 5) is 12.5. The lowest BCUT2D eigenvalue weighted by Gasteiger charge is -2.33. The van der Waals surface area contributed by atoms with Crippen molar-refractivity contribution in [1.82, 2.24) is 5.32 Å². The second-order valence-electron chi connectivity index (χ2n) is 7.49. The number of amides is 1. The van der Waals surface area contributed by atoms with Gasteiger partial charge in [0.1, 0.15) is 6.10 Å². The van der Waals surface area contributed by atoms with E-state index in [0.717, 1.165) is 12.1 Å². The van der Waals surface area contributed by atoms with E-state index < -0.39 is 29.3 Å². The number of carbonyl (C=O) groups is 1. The highest BCUT2D eigenvalue weighted by Gasteiger charge is 2.36. The smallest absolute Gasteiger partial charge is 0.364 e. The fourth-order valence-electron chi connectivity index (χ4n) is 3.00. The summed E-state index contributed by atoms with van der Waals surface area (Å²) in [6, 6.07) is 4.51. The molecule has 4 nitrogen and oxygen atoms in total. The van der Waals surface area contributed by atoms with Crippen LogP contribution in [0.1, 0.15) is 50.8 Å². The molecule has 1 amide bonds. The summed E-state index contributed by atoms with van der Waals surface area (Å²) in [6.07, 6.45) is -3.90. The van der Waals surface area contributed by atoms with Crippen LogP contribution in [-0.2, 0) is 15.7 Å². The number of halogens is 3. The van der Waals surface area contributed by atoms with Crippen LogP contribution in [-0.4, -0.2) is 24.7 Å². The lowest BCUT2D eigenvalue weighted by molar-refractivity contribution is -0.137. The largest absolute Gasteiger partial charge is 0.416 e. The predicted octanol–water partition coefficient (Wildman–Crippen LogP) is 3.42. The van der Waals surface area contributed by atoms with Gasteiger partial charge in [-0.1, -0.05) is 32.9 Å². The molecule has 3 atom stereocenters. The lowest BCUT2D eigenvalue weighted by Crippen LogP contribution is -2.42. The molecule has 1 heterocycles. The number of rotatable bonds is 4. The van der Waals surface area contributed by atoms with E-state index in [1.807, 2.05) is 20.8 Å². The zero-order valence-corrected chi connectivity index (χ0v) is 14.7. The third-order valence-corrected chi connectivity index (χ3v) is 4.36. The number of nitrogens with two attached hydrogens (primary N) is 1. The minimum absolute atomic E-state index is 0.141. The number of hydrogen-bond acceptors (Lipinski definition) is 3. The van der Waals surface area contributed by atoms with E-state index in [0.29, 0.717) is 24.9 Å². The van der Waals surface area contributed by atoms with Crippen LogP contribution in [0.2, 0.25) is 0 Å². The van der Waals surface area contributed by atoms with Gasteiger partial charge in [0.25, 0.3) is 0 Å². The average Bonchev–Trinajstić information content (AvgIpc) is 2.99. The first-order chi connectivity index (χ1) is 11.5.